The Morgan fingerprint density at radius 1 is 0.820 bits per heavy atom. The van der Waals surface area contributed by atoms with Crippen LogP contribution in [-0.4, -0.2) is 45.6 Å². The molecule has 2 heterocycles. The molecule has 0 bridgehead atoms. The number of nitrogens with zero attached hydrogens (tertiary/aromatic N) is 1. The van der Waals surface area contributed by atoms with Crippen molar-refractivity contribution in [3.63, 3.8) is 0 Å². The van der Waals surface area contributed by atoms with Crippen molar-refractivity contribution < 1.29 is 25.8 Å². The first-order valence-electron chi connectivity index (χ1n) is 19.1. The summed E-state index contributed by atoms with van der Waals surface area (Å²) in [6, 6.07) is 14.2. The van der Waals surface area contributed by atoms with Gasteiger partial charge in [0, 0.05) is 12.5 Å². The number of allylic oxidation sites excluding steroid dienone is 1. The summed E-state index contributed by atoms with van der Waals surface area (Å²) in [6.07, 6.45) is 10.5. The van der Waals surface area contributed by atoms with E-state index in [0.717, 1.165) is 62.5 Å². The third-order valence-corrected chi connectivity index (χ3v) is 18.1. The van der Waals surface area contributed by atoms with E-state index in [9.17, 15) is 16.8 Å². The average Bonchev–Trinajstić information content (AvgIpc) is 3.52. The van der Waals surface area contributed by atoms with Crippen LogP contribution >= 0.6 is 0 Å². The fourth-order valence-corrected chi connectivity index (χ4v) is 15.2. The molecule has 2 saturated heterocycles. The number of piperidine rings is 1. The summed E-state index contributed by atoms with van der Waals surface area (Å²) in [6.45, 7) is 13.8. The number of ether oxygens (including phenoxy) is 1. The van der Waals surface area contributed by atoms with Crippen molar-refractivity contribution in [3.05, 3.63) is 71.3 Å². The minimum Gasteiger partial charge on any atom is -0.356 e. The van der Waals surface area contributed by atoms with Crippen molar-refractivity contribution in [2.75, 3.05) is 6.54 Å². The Bertz CT molecular complexity index is 1890. The Kier molecular flexibility index (Phi) is 8.40. The van der Waals surface area contributed by atoms with Crippen molar-refractivity contribution >= 4 is 20.1 Å². The molecule has 50 heavy (non-hydrogen) atoms. The predicted molar refractivity (Wildman–Crippen MR) is 194 cm³/mol. The molecule has 8 rings (SSSR count). The smallest absolute Gasteiger partial charge is 0.297 e. The molecule has 2 aromatic rings. The molecule has 9 heteroatoms. The molecule has 5 fully saturated rings. The molecule has 4 aliphatic carbocycles. The van der Waals surface area contributed by atoms with Crippen molar-refractivity contribution in [1.29, 1.82) is 0 Å². The third-order valence-electron chi connectivity index (χ3n) is 14.8. The van der Waals surface area contributed by atoms with E-state index in [0.29, 0.717) is 41.5 Å². The summed E-state index contributed by atoms with van der Waals surface area (Å²) in [7, 11) is -7.56. The van der Waals surface area contributed by atoms with Crippen LogP contribution < -0.4 is 0 Å². The zero-order chi connectivity index (χ0) is 35.4. The van der Waals surface area contributed by atoms with Crippen LogP contribution in [-0.2, 0) is 29.1 Å². The van der Waals surface area contributed by atoms with E-state index in [-0.39, 0.29) is 39.8 Å². The molecule has 272 valence electrons. The molecule has 2 aliphatic heterocycles. The highest BCUT2D eigenvalue weighted by Crippen LogP contribution is 2.71. The molecule has 0 amide bonds. The lowest BCUT2D eigenvalue weighted by molar-refractivity contribution is -0.161. The minimum atomic E-state index is -3.82. The van der Waals surface area contributed by atoms with E-state index in [2.05, 4.69) is 33.8 Å². The van der Waals surface area contributed by atoms with Crippen LogP contribution in [0.2, 0.25) is 0 Å². The highest BCUT2D eigenvalue weighted by Gasteiger charge is 2.70. The van der Waals surface area contributed by atoms with E-state index >= 15 is 0 Å². The molecule has 6 aliphatic rings. The van der Waals surface area contributed by atoms with Gasteiger partial charge in [0.15, 0.2) is 0 Å². The lowest BCUT2D eigenvalue weighted by Crippen LogP contribution is -2.60. The Labute approximate surface area is 300 Å². The van der Waals surface area contributed by atoms with Gasteiger partial charge in [0.05, 0.1) is 22.0 Å². The summed E-state index contributed by atoms with van der Waals surface area (Å²) in [4.78, 5) is 0.587. The Morgan fingerprint density at radius 2 is 1.48 bits per heavy atom. The number of fused-ring (bicyclic) bond motifs is 7. The first kappa shape index (κ1) is 35.0. The lowest BCUT2D eigenvalue weighted by atomic mass is 9.47. The van der Waals surface area contributed by atoms with E-state index in [1.54, 1.807) is 28.6 Å². The zero-order valence-corrected chi connectivity index (χ0v) is 32.2. The van der Waals surface area contributed by atoms with E-state index in [4.69, 9.17) is 8.92 Å². The molecule has 2 aromatic carbocycles. The van der Waals surface area contributed by atoms with Crippen LogP contribution in [0, 0.1) is 60.2 Å². The molecule has 0 unspecified atom stereocenters. The van der Waals surface area contributed by atoms with Crippen LogP contribution in [0.25, 0.3) is 0 Å². The van der Waals surface area contributed by atoms with Crippen LogP contribution in [0.5, 0.6) is 0 Å². The maximum Gasteiger partial charge on any atom is 0.297 e. The summed E-state index contributed by atoms with van der Waals surface area (Å²) in [5.74, 6) is 2.31. The monoisotopic (exact) mass is 721 g/mol. The SMILES string of the molecule is Cc1ccc(S(=O)(=O)O[C@H]2CC[C@@]3(C)C(=CC[C@@H]4[C@H]5C[C@@H]6O[C@@]7(CC[C@H](C)CN7S(=O)(=O)c7ccc(C)cc7)[C@@H](C)[C@@H]6[C@@]5(C)CC[C@@H]43)C2)cc1. The molecule has 1 spiro atoms. The summed E-state index contributed by atoms with van der Waals surface area (Å²) < 4.78 is 70.0. The van der Waals surface area contributed by atoms with Gasteiger partial charge in [0.1, 0.15) is 5.72 Å². The molecular weight excluding hydrogens is 667 g/mol. The van der Waals surface area contributed by atoms with Gasteiger partial charge in [-0.25, -0.2) is 8.42 Å². The highest BCUT2D eigenvalue weighted by molar-refractivity contribution is 7.89. The fraction of sp³-hybridized carbons (Fsp3) is 0.659. The van der Waals surface area contributed by atoms with E-state index in [1.807, 2.05) is 38.1 Å². The van der Waals surface area contributed by atoms with Gasteiger partial charge >= 0.3 is 0 Å². The second-order valence-electron chi connectivity index (χ2n) is 17.6. The van der Waals surface area contributed by atoms with Gasteiger partial charge in [-0.1, -0.05) is 74.7 Å². The average molecular weight is 722 g/mol. The highest BCUT2D eigenvalue weighted by atomic mass is 32.2. The van der Waals surface area contributed by atoms with Crippen LogP contribution in [0.3, 0.4) is 0 Å². The summed E-state index contributed by atoms with van der Waals surface area (Å²) in [5.41, 5.74) is 2.77. The van der Waals surface area contributed by atoms with Crippen molar-refractivity contribution in [2.45, 2.75) is 127 Å². The third kappa shape index (κ3) is 5.26. The zero-order valence-electron chi connectivity index (χ0n) is 30.6. The van der Waals surface area contributed by atoms with Crippen LogP contribution in [0.15, 0.2) is 70.0 Å². The van der Waals surface area contributed by atoms with Crippen LogP contribution in [0.1, 0.15) is 96.6 Å². The second-order valence-corrected chi connectivity index (χ2v) is 21.0. The molecule has 0 aromatic heterocycles. The first-order chi connectivity index (χ1) is 23.6. The van der Waals surface area contributed by atoms with Gasteiger partial charge in [-0.15, -0.1) is 0 Å². The quantitative estimate of drug-likeness (QED) is 0.228. The van der Waals surface area contributed by atoms with Crippen molar-refractivity contribution in [2.24, 2.45) is 46.3 Å². The molecule has 7 nitrogen and oxygen atoms in total. The summed E-state index contributed by atoms with van der Waals surface area (Å²) >= 11 is 0. The number of benzene rings is 2. The van der Waals surface area contributed by atoms with Crippen LogP contribution in [0.4, 0.5) is 0 Å². The molecule has 0 N–H and O–H groups in total. The molecular formula is C41H55NO6S2. The predicted octanol–water partition coefficient (Wildman–Crippen LogP) is 8.42. The number of hydrogen-bond donors (Lipinski definition) is 0. The maximum atomic E-state index is 14.4. The number of hydrogen-bond acceptors (Lipinski definition) is 6. The normalized spacial score (nSPS) is 41.6. The van der Waals surface area contributed by atoms with Gasteiger partial charge in [0.2, 0.25) is 10.0 Å². The largest absolute Gasteiger partial charge is 0.356 e. The van der Waals surface area contributed by atoms with E-state index < -0.39 is 25.9 Å². The topological polar surface area (TPSA) is 90.0 Å². The summed E-state index contributed by atoms with van der Waals surface area (Å²) in [5, 5.41) is 0. The van der Waals surface area contributed by atoms with Gasteiger partial charge in [0.25, 0.3) is 10.1 Å². The number of aryl methyl sites for hydroxylation is 2. The van der Waals surface area contributed by atoms with Gasteiger partial charge in [-0.2, -0.15) is 12.7 Å². The van der Waals surface area contributed by atoms with Gasteiger partial charge < -0.3 is 4.74 Å². The van der Waals surface area contributed by atoms with E-state index in [1.165, 1.54) is 5.57 Å². The fourth-order valence-electron chi connectivity index (χ4n) is 12.2. The number of sulfonamides is 1. The standard InChI is InChI=1S/C41H55NO6S2/c1-26-7-12-32(13-8-26)49(43,44)42-25-28(3)17-22-41(42)29(4)38-37(47-41)24-36-34-16-11-30-23-31(48-50(45,46)33-14-9-27(2)10-15-33)18-20-39(30,5)35(34)19-21-40(36,38)6/h7-15,28-29,31,34-38H,16-25H2,1-6H3/t28-,29-,31-,34-,35-,36+,37-,38-,39-,40-,41-/m0/s1. The molecule has 3 saturated carbocycles. The molecule has 11 atom stereocenters. The number of rotatable bonds is 5. The Morgan fingerprint density at radius 3 is 2.16 bits per heavy atom. The van der Waals surface area contributed by atoms with Gasteiger partial charge in [-0.3, -0.25) is 4.18 Å². The van der Waals surface area contributed by atoms with Gasteiger partial charge in [-0.05, 0) is 136 Å². The lowest BCUT2D eigenvalue weighted by Gasteiger charge is -2.59. The Hall–Kier alpha value is -2.04. The van der Waals surface area contributed by atoms with Crippen molar-refractivity contribution in [1.82, 2.24) is 4.31 Å². The maximum absolute atomic E-state index is 14.4. The Balaban J connectivity index is 1.03. The molecule has 0 radical (unpaired) electrons. The van der Waals surface area contributed by atoms with Crippen molar-refractivity contribution in [3.8, 4) is 0 Å². The second kappa shape index (κ2) is 12.0. The minimum absolute atomic E-state index is 0.0432. The first-order valence-corrected chi connectivity index (χ1v) is 21.9.